The molecule has 0 radical (unpaired) electrons. The van der Waals surface area contributed by atoms with Crippen LogP contribution in [0.1, 0.15) is 21.9 Å². The van der Waals surface area contributed by atoms with E-state index >= 15 is 0 Å². The maximum Gasteiger partial charge on any atom is 0.0720 e. The Balaban J connectivity index is 2.89. The van der Waals surface area contributed by atoms with Crippen LogP contribution in [0.3, 0.4) is 0 Å². The van der Waals surface area contributed by atoms with Gasteiger partial charge in [0.15, 0.2) is 0 Å². The summed E-state index contributed by atoms with van der Waals surface area (Å²) in [6.45, 7) is 0. The van der Waals surface area contributed by atoms with Gasteiger partial charge >= 0.3 is 0 Å². The smallest absolute Gasteiger partial charge is 0.0720 e. The molecule has 2 atom stereocenters. The van der Waals surface area contributed by atoms with Crippen LogP contribution in [0, 0.1) is 0 Å². The van der Waals surface area contributed by atoms with Crippen LogP contribution >= 0.6 is 46.4 Å². The molecule has 14 heavy (non-hydrogen) atoms. The molecule has 0 aromatic heterocycles. The van der Waals surface area contributed by atoms with Gasteiger partial charge in [0.1, 0.15) is 0 Å². The molecule has 0 spiro atoms. The Morgan fingerprint density at radius 3 is 1.71 bits per heavy atom. The highest BCUT2D eigenvalue weighted by molar-refractivity contribution is 6.28. The maximum absolute atomic E-state index is 6.00. The van der Waals surface area contributed by atoms with E-state index in [1.54, 1.807) is 0 Å². The molecule has 0 amide bonds. The van der Waals surface area contributed by atoms with Crippen molar-refractivity contribution in [2.24, 2.45) is 0 Å². The molecule has 78 valence electrons. The molecule has 0 aliphatic heterocycles. The van der Waals surface area contributed by atoms with E-state index in [2.05, 4.69) is 0 Å². The van der Waals surface area contributed by atoms with Gasteiger partial charge in [0.05, 0.1) is 10.8 Å². The fraction of sp³-hybridized carbons (Fsp3) is 0.400. The van der Waals surface area contributed by atoms with Crippen molar-refractivity contribution in [1.29, 1.82) is 0 Å². The largest absolute Gasteiger partial charge is 0.125 e. The van der Waals surface area contributed by atoms with E-state index in [-0.39, 0.29) is 10.8 Å². The zero-order valence-electron chi connectivity index (χ0n) is 7.39. The van der Waals surface area contributed by atoms with Crippen LogP contribution in [-0.4, -0.2) is 11.8 Å². The molecule has 0 unspecified atom stereocenters. The first kappa shape index (κ1) is 12.4. The standard InChI is InChI=1S/C10H10Cl4/c11-5-9(13)7-2-1-3-8(4-7)10(14)6-12/h1-4,9-10H,5-6H2/t9-,10-/m1/s1. The minimum atomic E-state index is -0.171. The van der Waals surface area contributed by atoms with Crippen LogP contribution in [0.15, 0.2) is 24.3 Å². The number of benzene rings is 1. The van der Waals surface area contributed by atoms with E-state index in [9.17, 15) is 0 Å². The molecule has 1 aromatic carbocycles. The fourth-order valence-electron chi connectivity index (χ4n) is 1.13. The van der Waals surface area contributed by atoms with Crippen LogP contribution in [0.2, 0.25) is 0 Å². The monoisotopic (exact) mass is 270 g/mol. The molecule has 1 rings (SSSR count). The summed E-state index contributed by atoms with van der Waals surface area (Å²) in [4.78, 5) is 0. The fourth-order valence-corrected chi connectivity index (χ4v) is 1.75. The predicted octanol–water partition coefficient (Wildman–Crippen LogP) is 4.72. The molecule has 0 bridgehead atoms. The van der Waals surface area contributed by atoms with E-state index in [1.165, 1.54) is 0 Å². The van der Waals surface area contributed by atoms with Crippen molar-refractivity contribution in [3.05, 3.63) is 35.4 Å². The summed E-state index contributed by atoms with van der Waals surface area (Å²) in [7, 11) is 0. The highest BCUT2D eigenvalue weighted by Gasteiger charge is 2.10. The van der Waals surface area contributed by atoms with Gasteiger partial charge in [-0.1, -0.05) is 24.3 Å². The van der Waals surface area contributed by atoms with E-state index in [1.807, 2.05) is 24.3 Å². The number of rotatable bonds is 4. The van der Waals surface area contributed by atoms with Gasteiger partial charge in [-0.05, 0) is 11.1 Å². The molecular weight excluding hydrogens is 262 g/mol. The van der Waals surface area contributed by atoms with Gasteiger partial charge < -0.3 is 0 Å². The average Bonchev–Trinajstić information content (AvgIpc) is 2.27. The molecule has 0 fully saturated rings. The normalized spacial score (nSPS) is 15.1. The lowest BCUT2D eigenvalue weighted by Crippen LogP contribution is -1.96. The maximum atomic E-state index is 6.00. The minimum absolute atomic E-state index is 0.171. The number of hydrogen-bond acceptors (Lipinski definition) is 0. The van der Waals surface area contributed by atoms with Gasteiger partial charge in [-0.2, -0.15) is 0 Å². The zero-order chi connectivity index (χ0) is 10.6. The van der Waals surface area contributed by atoms with Gasteiger partial charge in [-0.3, -0.25) is 0 Å². The van der Waals surface area contributed by atoms with E-state index in [4.69, 9.17) is 46.4 Å². The number of alkyl halides is 4. The topological polar surface area (TPSA) is 0 Å². The first-order chi connectivity index (χ1) is 6.69. The molecular formula is C10H10Cl4. The lowest BCUT2D eigenvalue weighted by Gasteiger charge is -2.10. The van der Waals surface area contributed by atoms with Crippen LogP contribution in [-0.2, 0) is 0 Å². The highest BCUT2D eigenvalue weighted by Crippen LogP contribution is 2.27. The van der Waals surface area contributed by atoms with Crippen LogP contribution in [0.4, 0.5) is 0 Å². The second kappa shape index (κ2) is 6.07. The molecule has 0 aliphatic carbocycles. The number of hydrogen-bond donors (Lipinski definition) is 0. The van der Waals surface area contributed by atoms with Gasteiger partial charge in [0, 0.05) is 11.8 Å². The van der Waals surface area contributed by atoms with Crippen molar-refractivity contribution >= 4 is 46.4 Å². The summed E-state index contributed by atoms with van der Waals surface area (Å²) in [5, 5.41) is -0.341. The van der Waals surface area contributed by atoms with E-state index < -0.39 is 0 Å². The summed E-state index contributed by atoms with van der Waals surface area (Å²) < 4.78 is 0. The predicted molar refractivity (Wildman–Crippen MR) is 65.1 cm³/mol. The van der Waals surface area contributed by atoms with E-state index in [0.29, 0.717) is 11.8 Å². The Hall–Kier alpha value is 0.380. The van der Waals surface area contributed by atoms with Gasteiger partial charge in [-0.15, -0.1) is 46.4 Å². The molecule has 0 N–H and O–H groups in total. The second-order valence-corrected chi connectivity index (χ2v) is 4.58. The van der Waals surface area contributed by atoms with Crippen molar-refractivity contribution in [2.75, 3.05) is 11.8 Å². The van der Waals surface area contributed by atoms with Gasteiger partial charge in [0.25, 0.3) is 0 Å². The second-order valence-electron chi connectivity index (χ2n) is 2.91. The summed E-state index contributed by atoms with van der Waals surface area (Å²) in [6, 6.07) is 7.72. The minimum Gasteiger partial charge on any atom is -0.125 e. The average molecular weight is 272 g/mol. The third kappa shape index (κ3) is 3.20. The van der Waals surface area contributed by atoms with E-state index in [0.717, 1.165) is 11.1 Å². The van der Waals surface area contributed by atoms with Crippen LogP contribution in [0.5, 0.6) is 0 Å². The van der Waals surface area contributed by atoms with Crippen LogP contribution < -0.4 is 0 Å². The summed E-state index contributed by atoms with van der Waals surface area (Å²) in [5.74, 6) is 0.775. The zero-order valence-corrected chi connectivity index (χ0v) is 10.4. The molecule has 1 aromatic rings. The number of halogens is 4. The van der Waals surface area contributed by atoms with Crippen molar-refractivity contribution in [3.63, 3.8) is 0 Å². The summed E-state index contributed by atoms with van der Waals surface area (Å²) >= 11 is 23.3. The SMILES string of the molecule is ClC[C@@H](Cl)c1cccc([C@H](Cl)CCl)c1. The summed E-state index contributed by atoms with van der Waals surface area (Å²) in [6.07, 6.45) is 0. The summed E-state index contributed by atoms with van der Waals surface area (Å²) in [5.41, 5.74) is 1.96. The molecule has 0 nitrogen and oxygen atoms in total. The molecule has 0 aliphatic rings. The molecule has 0 saturated heterocycles. The van der Waals surface area contributed by atoms with Crippen LogP contribution in [0.25, 0.3) is 0 Å². The lowest BCUT2D eigenvalue weighted by atomic mass is 10.1. The van der Waals surface area contributed by atoms with Gasteiger partial charge in [0.2, 0.25) is 0 Å². The Labute approximate surface area is 104 Å². The third-order valence-electron chi connectivity index (χ3n) is 1.91. The Morgan fingerprint density at radius 2 is 1.36 bits per heavy atom. The van der Waals surface area contributed by atoms with Gasteiger partial charge in [-0.25, -0.2) is 0 Å². The quantitative estimate of drug-likeness (QED) is 0.695. The van der Waals surface area contributed by atoms with Crippen molar-refractivity contribution in [1.82, 2.24) is 0 Å². The lowest BCUT2D eigenvalue weighted by molar-refractivity contribution is 1.04. The van der Waals surface area contributed by atoms with Crippen molar-refractivity contribution in [3.8, 4) is 0 Å². The van der Waals surface area contributed by atoms with Crippen molar-refractivity contribution < 1.29 is 0 Å². The molecule has 0 heterocycles. The first-order valence-electron chi connectivity index (χ1n) is 4.19. The Kier molecular flexibility index (Phi) is 5.40. The first-order valence-corrected chi connectivity index (χ1v) is 6.13. The third-order valence-corrected chi connectivity index (χ3v) is 3.65. The Morgan fingerprint density at radius 1 is 0.929 bits per heavy atom. The molecule has 0 saturated carbocycles. The molecule has 4 heteroatoms. The van der Waals surface area contributed by atoms with Crippen molar-refractivity contribution in [2.45, 2.75) is 10.8 Å². The highest BCUT2D eigenvalue weighted by atomic mass is 35.5. The Bertz CT molecular complexity index is 262.